The molecule has 1 aromatic rings. The van der Waals surface area contributed by atoms with Crippen molar-refractivity contribution < 1.29 is 5.11 Å². The van der Waals surface area contributed by atoms with Crippen LogP contribution in [0.2, 0.25) is 0 Å². The van der Waals surface area contributed by atoms with Crippen molar-refractivity contribution in [1.82, 2.24) is 0 Å². The molecule has 0 saturated heterocycles. The predicted octanol–water partition coefficient (Wildman–Crippen LogP) is 6.78. The van der Waals surface area contributed by atoms with Crippen molar-refractivity contribution in [2.45, 2.75) is 56.7 Å². The largest absolute Gasteiger partial charge is 0.396 e. The highest BCUT2D eigenvalue weighted by atomic mass is 32.7. The number of hydrogen-bond donors (Lipinski definition) is 4. The lowest BCUT2D eigenvalue weighted by atomic mass is 10.0. The molecule has 172 valence electrons. The fraction of sp³-hybridized carbons (Fsp3) is 0.478. The van der Waals surface area contributed by atoms with Gasteiger partial charge >= 0.3 is 0 Å². The third-order valence-corrected chi connectivity index (χ3v) is 8.83. The molecule has 0 aliphatic heterocycles. The quantitative estimate of drug-likeness (QED) is 0.0643. The van der Waals surface area contributed by atoms with Gasteiger partial charge in [-0.1, -0.05) is 32.4 Å². The van der Waals surface area contributed by atoms with Crippen molar-refractivity contribution in [3.8, 4) is 0 Å². The summed E-state index contributed by atoms with van der Waals surface area (Å²) in [5, 5.41) is 10.9. The molecular weight excluding hydrogens is 461 g/mol. The number of amidine groups is 1. The number of hydrogen-bond acceptors (Lipinski definition) is 6. The molecule has 0 amide bonds. The summed E-state index contributed by atoms with van der Waals surface area (Å²) in [4.78, 5) is 11.3. The zero-order valence-corrected chi connectivity index (χ0v) is 22.5. The Hall–Kier alpha value is -0.720. The topological polar surface area (TPSA) is 71.0 Å². The lowest BCUT2D eigenvalue weighted by molar-refractivity contribution is 0.222. The molecule has 0 radical (unpaired) electrons. The summed E-state index contributed by atoms with van der Waals surface area (Å²) in [6.45, 7) is 12.0. The van der Waals surface area contributed by atoms with E-state index in [9.17, 15) is 5.11 Å². The lowest BCUT2D eigenvalue weighted by Crippen LogP contribution is -2.12. The standard InChI is InChI=1S/C23H36N3OPS3/c1-6-28(30)13-7-8-19(15-27)14-22(31-21-11-9-20(29)10-12-21)26-23(16(2)3)17(4)25-18(5)24/h9-12,19,27,29-30H,2,6-8,13-15H2,1,3-5H3,(H2,24,25)/b23-17+,26-22?. The maximum atomic E-state index is 10.0. The van der Waals surface area contributed by atoms with Crippen LogP contribution in [0.1, 0.15) is 47.0 Å². The van der Waals surface area contributed by atoms with E-state index >= 15 is 0 Å². The smallest absolute Gasteiger partial charge is 0.0961 e. The van der Waals surface area contributed by atoms with Gasteiger partial charge in [0, 0.05) is 22.8 Å². The van der Waals surface area contributed by atoms with Gasteiger partial charge in [-0.15, -0.1) is 12.6 Å². The van der Waals surface area contributed by atoms with Crippen molar-refractivity contribution in [1.29, 1.82) is 0 Å². The van der Waals surface area contributed by atoms with E-state index in [1.807, 2.05) is 38.1 Å². The van der Waals surface area contributed by atoms with Crippen LogP contribution in [-0.2, 0) is 0 Å². The number of nitrogens with two attached hydrogens (primary N) is 1. The van der Waals surface area contributed by atoms with Gasteiger partial charge in [-0.05, 0) is 81.7 Å². The van der Waals surface area contributed by atoms with Crippen molar-refractivity contribution in [3.63, 3.8) is 0 Å². The van der Waals surface area contributed by atoms with E-state index in [0.29, 0.717) is 12.3 Å². The normalized spacial score (nSPS) is 15.5. The number of aliphatic hydroxyl groups is 1. The highest BCUT2D eigenvalue weighted by Crippen LogP contribution is 2.41. The Kier molecular flexibility index (Phi) is 13.9. The Bertz CT molecular complexity index is 803. The summed E-state index contributed by atoms with van der Waals surface area (Å²) >= 11 is 10.6. The average molecular weight is 498 g/mol. The molecule has 31 heavy (non-hydrogen) atoms. The van der Waals surface area contributed by atoms with Crippen LogP contribution in [-0.4, -0.2) is 34.9 Å². The van der Waals surface area contributed by atoms with Crippen molar-refractivity contribution in [2.75, 3.05) is 18.9 Å². The molecule has 0 aliphatic rings. The number of nitrogens with zero attached hydrogens (tertiary/aromatic N) is 2. The number of benzene rings is 1. The molecule has 0 fully saturated rings. The fourth-order valence-corrected chi connectivity index (χ4v) is 5.35. The molecule has 0 heterocycles. The van der Waals surface area contributed by atoms with Crippen LogP contribution >= 0.6 is 43.8 Å². The maximum Gasteiger partial charge on any atom is 0.0961 e. The Balaban J connectivity index is 3.19. The molecule has 0 aromatic heterocycles. The number of allylic oxidation sites excluding steroid dienone is 2. The van der Waals surface area contributed by atoms with Crippen LogP contribution in [0.15, 0.2) is 67.6 Å². The second-order valence-corrected chi connectivity index (χ2v) is 13.0. The van der Waals surface area contributed by atoms with Crippen LogP contribution in [0.3, 0.4) is 0 Å². The average Bonchev–Trinajstić information content (AvgIpc) is 2.71. The molecule has 2 unspecified atom stereocenters. The van der Waals surface area contributed by atoms with E-state index in [4.69, 9.17) is 10.7 Å². The first-order valence-corrected chi connectivity index (χ1v) is 14.6. The van der Waals surface area contributed by atoms with E-state index in [-0.39, 0.29) is 19.6 Å². The zero-order valence-electron chi connectivity index (χ0n) is 19.0. The molecule has 3 N–H and O–H groups in total. The molecule has 8 heteroatoms. The van der Waals surface area contributed by atoms with Crippen LogP contribution in [0.25, 0.3) is 0 Å². The van der Waals surface area contributed by atoms with E-state index in [2.05, 4.69) is 43.4 Å². The minimum Gasteiger partial charge on any atom is -0.396 e. The van der Waals surface area contributed by atoms with Gasteiger partial charge in [0.25, 0.3) is 0 Å². The SMILES string of the molecule is C=C(C)/C(N=C(CC(CO)CCCP(S)CC)Sc1ccc(S)cc1)=C(/C)N=C(C)N. The van der Waals surface area contributed by atoms with Crippen LogP contribution < -0.4 is 5.73 Å². The highest BCUT2D eigenvalue weighted by Gasteiger charge is 2.15. The van der Waals surface area contributed by atoms with Crippen molar-refractivity contribution in [3.05, 3.63) is 47.8 Å². The highest BCUT2D eigenvalue weighted by molar-refractivity contribution is 8.45. The van der Waals surface area contributed by atoms with Crippen molar-refractivity contribution in [2.24, 2.45) is 21.6 Å². The van der Waals surface area contributed by atoms with E-state index in [1.165, 1.54) is 0 Å². The number of thioether (sulfide) groups is 1. The Morgan fingerprint density at radius 1 is 1.23 bits per heavy atom. The van der Waals surface area contributed by atoms with Gasteiger partial charge in [0.2, 0.25) is 0 Å². The summed E-state index contributed by atoms with van der Waals surface area (Å²) in [6.07, 6.45) is 4.96. The maximum absolute atomic E-state index is 10.0. The lowest BCUT2D eigenvalue weighted by Gasteiger charge is -2.17. The Labute approximate surface area is 204 Å². The van der Waals surface area contributed by atoms with Crippen LogP contribution in [0.5, 0.6) is 0 Å². The molecule has 0 aliphatic carbocycles. The minimum atomic E-state index is -0.193. The summed E-state index contributed by atoms with van der Waals surface area (Å²) in [5.74, 6) is 0.632. The summed E-state index contributed by atoms with van der Waals surface area (Å²) in [6, 6.07) is 8.00. The zero-order chi connectivity index (χ0) is 23.4. The van der Waals surface area contributed by atoms with E-state index < -0.39 is 0 Å². The molecule has 0 spiro atoms. The van der Waals surface area contributed by atoms with Gasteiger partial charge in [0.15, 0.2) is 0 Å². The number of aliphatic imine (C=N–C) groups is 2. The van der Waals surface area contributed by atoms with Gasteiger partial charge in [-0.3, -0.25) is 0 Å². The van der Waals surface area contributed by atoms with Crippen molar-refractivity contribution >= 4 is 54.6 Å². The number of rotatable bonds is 12. The first kappa shape index (κ1) is 28.3. The Morgan fingerprint density at radius 2 is 1.87 bits per heavy atom. The second kappa shape index (κ2) is 15.2. The molecule has 4 nitrogen and oxygen atoms in total. The minimum absolute atomic E-state index is 0.136. The first-order valence-electron chi connectivity index (χ1n) is 10.4. The molecule has 2 atom stereocenters. The number of aliphatic hydroxyl groups excluding tert-OH is 1. The second-order valence-electron chi connectivity index (χ2n) is 7.51. The van der Waals surface area contributed by atoms with E-state index in [1.54, 1.807) is 18.7 Å². The Morgan fingerprint density at radius 3 is 2.39 bits per heavy atom. The van der Waals surface area contributed by atoms with Crippen LogP contribution in [0.4, 0.5) is 0 Å². The van der Waals surface area contributed by atoms with Gasteiger partial charge in [0.05, 0.1) is 22.3 Å². The van der Waals surface area contributed by atoms with Gasteiger partial charge in [-0.2, -0.15) is 12.2 Å². The molecule has 1 aromatic carbocycles. The van der Waals surface area contributed by atoms with Crippen LogP contribution in [0, 0.1) is 5.92 Å². The third kappa shape index (κ3) is 11.6. The first-order chi connectivity index (χ1) is 14.7. The molecule has 0 bridgehead atoms. The predicted molar refractivity (Wildman–Crippen MR) is 148 cm³/mol. The monoisotopic (exact) mass is 497 g/mol. The summed E-state index contributed by atoms with van der Waals surface area (Å²) < 4.78 is 0. The number of thiol groups is 2. The van der Waals surface area contributed by atoms with Gasteiger partial charge in [-0.25, -0.2) is 9.98 Å². The molecule has 1 rings (SSSR count). The molecule has 0 saturated carbocycles. The summed E-state index contributed by atoms with van der Waals surface area (Å²) in [7, 11) is -0.193. The third-order valence-electron chi connectivity index (χ3n) is 4.52. The summed E-state index contributed by atoms with van der Waals surface area (Å²) in [5.41, 5.74) is 8.08. The van der Waals surface area contributed by atoms with Gasteiger partial charge < -0.3 is 10.8 Å². The fourth-order valence-electron chi connectivity index (χ4n) is 2.91. The van der Waals surface area contributed by atoms with Gasteiger partial charge in [0.1, 0.15) is 0 Å². The molecular formula is C23H36N3OPS3. The van der Waals surface area contributed by atoms with E-state index in [0.717, 1.165) is 57.0 Å².